The van der Waals surface area contributed by atoms with Gasteiger partial charge in [0.15, 0.2) is 0 Å². The van der Waals surface area contributed by atoms with Crippen LogP contribution in [0.25, 0.3) is 0 Å². The number of amides is 1. The lowest BCUT2D eigenvalue weighted by Crippen LogP contribution is -2.49. The largest absolute Gasteiger partial charge is 0.350 e. The summed E-state index contributed by atoms with van der Waals surface area (Å²) in [6.07, 6.45) is 0.905. The standard InChI is InChI=1S/C16H27N3O3S/c1-12-7-9-13(10-8-12)23(21,22)18-11-5-6-14(17)15(20)19-16(2,3)4/h7-10,14,18H,5-6,11,17H2,1-4H3,(H,19,20). The van der Waals surface area contributed by atoms with Crippen molar-refractivity contribution >= 4 is 15.9 Å². The zero-order valence-corrected chi connectivity index (χ0v) is 15.0. The molecule has 1 amide bonds. The first-order valence-corrected chi connectivity index (χ1v) is 9.13. The van der Waals surface area contributed by atoms with Crippen LogP contribution < -0.4 is 15.8 Å². The predicted molar refractivity (Wildman–Crippen MR) is 91.5 cm³/mol. The molecule has 0 radical (unpaired) electrons. The highest BCUT2D eigenvalue weighted by Gasteiger charge is 2.19. The Balaban J connectivity index is 2.42. The number of aryl methyl sites for hydroxylation is 1. The fourth-order valence-corrected chi connectivity index (χ4v) is 3.00. The van der Waals surface area contributed by atoms with E-state index in [2.05, 4.69) is 10.0 Å². The Morgan fingerprint density at radius 2 is 1.78 bits per heavy atom. The average molecular weight is 341 g/mol. The second-order valence-corrected chi connectivity index (χ2v) is 8.47. The first-order chi connectivity index (χ1) is 10.5. The molecule has 1 rings (SSSR count). The van der Waals surface area contributed by atoms with Crippen molar-refractivity contribution in [3.8, 4) is 0 Å². The summed E-state index contributed by atoms with van der Waals surface area (Å²) in [5, 5.41) is 2.80. The maximum atomic E-state index is 12.1. The highest BCUT2D eigenvalue weighted by Crippen LogP contribution is 2.10. The van der Waals surface area contributed by atoms with Crippen LogP contribution in [0.2, 0.25) is 0 Å². The number of hydrogen-bond donors (Lipinski definition) is 3. The molecule has 0 aliphatic carbocycles. The van der Waals surface area contributed by atoms with E-state index in [0.29, 0.717) is 12.8 Å². The van der Waals surface area contributed by atoms with Crippen LogP contribution in [0, 0.1) is 6.92 Å². The normalized spacial score (nSPS) is 13.6. The predicted octanol–water partition coefficient (Wildman–Crippen LogP) is 1.30. The minimum Gasteiger partial charge on any atom is -0.350 e. The quantitative estimate of drug-likeness (QED) is 0.651. The van der Waals surface area contributed by atoms with Gasteiger partial charge in [0.2, 0.25) is 15.9 Å². The van der Waals surface area contributed by atoms with Crippen molar-refractivity contribution in [2.24, 2.45) is 5.73 Å². The minimum absolute atomic E-state index is 0.223. The number of nitrogens with two attached hydrogens (primary N) is 1. The van der Waals surface area contributed by atoms with Gasteiger partial charge in [0.05, 0.1) is 10.9 Å². The van der Waals surface area contributed by atoms with Gasteiger partial charge >= 0.3 is 0 Å². The van der Waals surface area contributed by atoms with Crippen LogP contribution in [0.15, 0.2) is 29.2 Å². The summed E-state index contributed by atoms with van der Waals surface area (Å²) in [5.74, 6) is -0.223. The van der Waals surface area contributed by atoms with Crippen LogP contribution in [0.4, 0.5) is 0 Å². The number of rotatable bonds is 7. The van der Waals surface area contributed by atoms with Crippen LogP contribution in [0.3, 0.4) is 0 Å². The van der Waals surface area contributed by atoms with Crippen LogP contribution in [-0.2, 0) is 14.8 Å². The highest BCUT2D eigenvalue weighted by atomic mass is 32.2. The van der Waals surface area contributed by atoms with Crippen molar-refractivity contribution in [2.45, 2.75) is 57.0 Å². The van der Waals surface area contributed by atoms with Gasteiger partial charge in [-0.15, -0.1) is 0 Å². The van der Waals surface area contributed by atoms with Gasteiger partial charge in [-0.05, 0) is 52.7 Å². The van der Waals surface area contributed by atoms with Gasteiger partial charge in [0.25, 0.3) is 0 Å². The molecule has 7 heteroatoms. The van der Waals surface area contributed by atoms with E-state index >= 15 is 0 Å². The van der Waals surface area contributed by atoms with E-state index in [9.17, 15) is 13.2 Å². The molecule has 0 fully saturated rings. The van der Waals surface area contributed by atoms with Crippen molar-refractivity contribution in [3.63, 3.8) is 0 Å². The molecule has 0 saturated carbocycles. The second kappa shape index (κ2) is 7.90. The fourth-order valence-electron chi connectivity index (χ4n) is 1.92. The molecule has 130 valence electrons. The van der Waals surface area contributed by atoms with E-state index in [1.54, 1.807) is 24.3 Å². The first-order valence-electron chi connectivity index (χ1n) is 7.65. The molecule has 23 heavy (non-hydrogen) atoms. The molecular formula is C16H27N3O3S. The van der Waals surface area contributed by atoms with Crippen LogP contribution >= 0.6 is 0 Å². The van der Waals surface area contributed by atoms with E-state index in [4.69, 9.17) is 5.73 Å². The van der Waals surface area contributed by atoms with Crippen LogP contribution in [0.5, 0.6) is 0 Å². The Hall–Kier alpha value is -1.44. The third kappa shape index (κ3) is 7.11. The topological polar surface area (TPSA) is 101 Å². The van der Waals surface area contributed by atoms with E-state index in [-0.39, 0.29) is 22.9 Å². The molecule has 0 saturated heterocycles. The molecule has 0 aliphatic rings. The average Bonchev–Trinajstić information content (AvgIpc) is 2.42. The Morgan fingerprint density at radius 3 is 2.30 bits per heavy atom. The number of nitrogens with one attached hydrogen (secondary N) is 2. The molecule has 1 aromatic carbocycles. The number of carbonyl (C=O) groups excluding carboxylic acids is 1. The Kier molecular flexibility index (Phi) is 6.73. The molecule has 0 bridgehead atoms. The molecular weight excluding hydrogens is 314 g/mol. The number of carbonyl (C=O) groups is 1. The van der Waals surface area contributed by atoms with Gasteiger partial charge in [-0.3, -0.25) is 4.79 Å². The van der Waals surface area contributed by atoms with E-state index in [1.165, 1.54) is 0 Å². The van der Waals surface area contributed by atoms with Gasteiger partial charge in [-0.1, -0.05) is 17.7 Å². The SMILES string of the molecule is Cc1ccc(S(=O)(=O)NCCCC(N)C(=O)NC(C)(C)C)cc1. The van der Waals surface area contributed by atoms with Gasteiger partial charge in [-0.2, -0.15) is 0 Å². The third-order valence-corrected chi connectivity index (χ3v) is 4.63. The van der Waals surface area contributed by atoms with E-state index in [0.717, 1.165) is 5.56 Å². The molecule has 0 aromatic heterocycles. The maximum Gasteiger partial charge on any atom is 0.240 e. The van der Waals surface area contributed by atoms with Crippen molar-refractivity contribution in [2.75, 3.05) is 6.54 Å². The zero-order chi connectivity index (χ0) is 17.7. The van der Waals surface area contributed by atoms with Gasteiger partial charge in [-0.25, -0.2) is 13.1 Å². The van der Waals surface area contributed by atoms with Crippen LogP contribution in [0.1, 0.15) is 39.2 Å². The lowest BCUT2D eigenvalue weighted by Gasteiger charge is -2.23. The van der Waals surface area contributed by atoms with E-state index < -0.39 is 16.1 Å². The van der Waals surface area contributed by atoms with Gasteiger partial charge in [0, 0.05) is 12.1 Å². The Labute approximate surface area is 138 Å². The van der Waals surface area contributed by atoms with Crippen molar-refractivity contribution in [3.05, 3.63) is 29.8 Å². The van der Waals surface area contributed by atoms with E-state index in [1.807, 2.05) is 27.7 Å². The molecule has 1 unspecified atom stereocenters. The monoisotopic (exact) mass is 341 g/mol. The fraction of sp³-hybridized carbons (Fsp3) is 0.562. The number of benzene rings is 1. The summed E-state index contributed by atoms with van der Waals surface area (Å²) < 4.78 is 26.7. The molecule has 0 heterocycles. The number of hydrogen-bond acceptors (Lipinski definition) is 4. The highest BCUT2D eigenvalue weighted by molar-refractivity contribution is 7.89. The molecule has 0 spiro atoms. The zero-order valence-electron chi connectivity index (χ0n) is 14.2. The number of sulfonamides is 1. The molecule has 6 nitrogen and oxygen atoms in total. The third-order valence-electron chi connectivity index (χ3n) is 3.15. The molecule has 4 N–H and O–H groups in total. The summed E-state index contributed by atoms with van der Waals surface area (Å²) in [4.78, 5) is 12.1. The van der Waals surface area contributed by atoms with Crippen molar-refractivity contribution in [1.82, 2.24) is 10.0 Å². The summed E-state index contributed by atoms with van der Waals surface area (Å²) >= 11 is 0. The first kappa shape index (κ1) is 19.6. The maximum absolute atomic E-state index is 12.1. The summed E-state index contributed by atoms with van der Waals surface area (Å²) in [7, 11) is -3.52. The molecule has 0 aliphatic heterocycles. The Morgan fingerprint density at radius 1 is 1.22 bits per heavy atom. The Bertz CT molecular complexity index is 619. The van der Waals surface area contributed by atoms with Crippen molar-refractivity contribution in [1.29, 1.82) is 0 Å². The summed E-state index contributed by atoms with van der Waals surface area (Å²) in [6.45, 7) is 7.79. The second-order valence-electron chi connectivity index (χ2n) is 6.70. The van der Waals surface area contributed by atoms with Crippen LogP contribution in [-0.4, -0.2) is 32.5 Å². The van der Waals surface area contributed by atoms with Gasteiger partial charge < -0.3 is 11.1 Å². The molecule has 1 atom stereocenters. The minimum atomic E-state index is -3.52. The van der Waals surface area contributed by atoms with Gasteiger partial charge in [0.1, 0.15) is 0 Å². The smallest absolute Gasteiger partial charge is 0.240 e. The lowest BCUT2D eigenvalue weighted by atomic mass is 10.1. The van der Waals surface area contributed by atoms with Crippen molar-refractivity contribution < 1.29 is 13.2 Å². The lowest BCUT2D eigenvalue weighted by molar-refractivity contribution is -0.123. The summed E-state index contributed by atoms with van der Waals surface area (Å²) in [5.41, 5.74) is 6.48. The summed E-state index contributed by atoms with van der Waals surface area (Å²) in [6, 6.07) is 6.00. The molecule has 1 aromatic rings.